The molecule has 38 heavy (non-hydrogen) atoms. The second-order valence-electron chi connectivity index (χ2n) is 13.5. The molecule has 0 saturated heterocycles. The number of rotatable bonds is 6. The number of carbonyl (C=O) groups excluding carboxylic acids is 1. The summed E-state index contributed by atoms with van der Waals surface area (Å²) in [6.45, 7) is 12.6. The molecule has 0 saturated carbocycles. The van der Waals surface area contributed by atoms with Gasteiger partial charge in [-0.05, 0) is 99.5 Å². The molecule has 0 fully saturated rings. The van der Waals surface area contributed by atoms with Crippen LogP contribution < -0.4 is 10.5 Å². The molecule has 6 nitrogen and oxygen atoms in total. The Morgan fingerprint density at radius 1 is 1.08 bits per heavy atom. The first kappa shape index (κ1) is 26.7. The molecule has 2 heterocycles. The molecule has 0 radical (unpaired) electrons. The number of ether oxygens (including phenoxy) is 1. The maximum atomic E-state index is 13.3. The molecule has 204 valence electrons. The lowest BCUT2D eigenvalue weighted by Gasteiger charge is -2.41. The summed E-state index contributed by atoms with van der Waals surface area (Å²) >= 11 is 0. The monoisotopic (exact) mass is 517 g/mol. The molecule has 3 N–H and O–H groups in total. The van der Waals surface area contributed by atoms with Crippen molar-refractivity contribution in [3.8, 4) is 5.75 Å². The first-order chi connectivity index (χ1) is 17.8. The molecule has 0 spiro atoms. The molecule has 3 aliphatic rings. The molecular formula is C32H43N3O3. The average molecular weight is 518 g/mol. The zero-order chi connectivity index (χ0) is 27.5. The van der Waals surface area contributed by atoms with E-state index in [4.69, 9.17) is 10.5 Å². The number of aliphatic hydroxyl groups excluding tert-OH is 1. The van der Waals surface area contributed by atoms with Crippen LogP contribution in [0, 0.1) is 5.41 Å². The summed E-state index contributed by atoms with van der Waals surface area (Å²) in [6.07, 6.45) is 4.21. The Hall–Kier alpha value is -2.86. The van der Waals surface area contributed by atoms with Crippen LogP contribution in [-0.4, -0.2) is 33.0 Å². The number of aliphatic imine (C=N–C) groups is 1. The van der Waals surface area contributed by atoms with Crippen LogP contribution in [0.2, 0.25) is 0 Å². The second-order valence-corrected chi connectivity index (χ2v) is 13.5. The molecule has 3 atom stereocenters. The van der Waals surface area contributed by atoms with Crippen LogP contribution >= 0.6 is 0 Å². The first-order valence-corrected chi connectivity index (χ1v) is 14.0. The van der Waals surface area contributed by atoms with Gasteiger partial charge in [0.15, 0.2) is 5.96 Å². The van der Waals surface area contributed by atoms with Gasteiger partial charge >= 0.3 is 0 Å². The van der Waals surface area contributed by atoms with E-state index in [0.717, 1.165) is 42.6 Å². The van der Waals surface area contributed by atoms with Crippen molar-refractivity contribution in [2.75, 3.05) is 0 Å². The topological polar surface area (TPSA) is 88.2 Å². The highest BCUT2D eigenvalue weighted by Gasteiger charge is 2.48. The van der Waals surface area contributed by atoms with E-state index in [1.165, 1.54) is 11.1 Å². The van der Waals surface area contributed by atoms with Gasteiger partial charge in [0, 0.05) is 0 Å². The third-order valence-corrected chi connectivity index (χ3v) is 8.52. The van der Waals surface area contributed by atoms with E-state index >= 15 is 0 Å². The Bertz CT molecular complexity index is 1260. The Kier molecular flexibility index (Phi) is 6.62. The number of aliphatic hydroxyl groups is 1. The molecule has 2 aromatic rings. The Morgan fingerprint density at radius 2 is 1.82 bits per heavy atom. The number of nitrogens with zero attached hydrogens (tertiary/aromatic N) is 2. The first-order valence-electron chi connectivity index (χ1n) is 14.0. The normalized spacial score (nSPS) is 25.7. The summed E-state index contributed by atoms with van der Waals surface area (Å²) in [4.78, 5) is 19.6. The highest BCUT2D eigenvalue weighted by molar-refractivity contribution is 5.99. The van der Waals surface area contributed by atoms with Gasteiger partial charge in [0.25, 0.3) is 0 Å². The van der Waals surface area contributed by atoms with Gasteiger partial charge in [0.05, 0.1) is 24.1 Å². The highest BCUT2D eigenvalue weighted by atomic mass is 16.5. The largest absolute Gasteiger partial charge is 0.488 e. The minimum absolute atomic E-state index is 0.0130. The van der Waals surface area contributed by atoms with Gasteiger partial charge in [0.1, 0.15) is 11.4 Å². The Morgan fingerprint density at radius 3 is 2.55 bits per heavy atom. The molecule has 1 aliphatic carbocycles. The lowest BCUT2D eigenvalue weighted by atomic mass is 9.81. The quantitative estimate of drug-likeness (QED) is 0.479. The van der Waals surface area contributed by atoms with E-state index in [0.29, 0.717) is 24.7 Å². The van der Waals surface area contributed by atoms with Crippen molar-refractivity contribution in [2.45, 2.75) is 109 Å². The SMILES string of the molecule is CC1(C)CC(=O)N([C@H]2c3cc(C(O)CCC[C@H]4CC(C)(C)Oc5ccccc54)ccc3CC2(C)C)C(N)=N1. The van der Waals surface area contributed by atoms with Crippen LogP contribution in [-0.2, 0) is 11.2 Å². The number of guanidine groups is 1. The third-order valence-electron chi connectivity index (χ3n) is 8.52. The third kappa shape index (κ3) is 5.07. The van der Waals surface area contributed by atoms with E-state index in [2.05, 4.69) is 63.0 Å². The van der Waals surface area contributed by atoms with Crippen LogP contribution in [0.5, 0.6) is 5.75 Å². The lowest BCUT2D eigenvalue weighted by molar-refractivity contribution is -0.132. The minimum atomic E-state index is -0.560. The maximum absolute atomic E-state index is 13.3. The van der Waals surface area contributed by atoms with Crippen molar-refractivity contribution in [3.63, 3.8) is 0 Å². The van der Waals surface area contributed by atoms with Crippen LogP contribution in [0.1, 0.15) is 114 Å². The van der Waals surface area contributed by atoms with Crippen LogP contribution in [0.4, 0.5) is 0 Å². The number of nitrogens with two attached hydrogens (primary N) is 1. The number of carbonyl (C=O) groups is 1. The predicted molar refractivity (Wildman–Crippen MR) is 151 cm³/mol. The second kappa shape index (κ2) is 9.41. The minimum Gasteiger partial charge on any atom is -0.488 e. The number of hydrogen-bond acceptors (Lipinski definition) is 5. The van der Waals surface area contributed by atoms with Crippen molar-refractivity contribution in [1.82, 2.24) is 4.90 Å². The number of fused-ring (bicyclic) bond motifs is 2. The van der Waals surface area contributed by atoms with Gasteiger partial charge in [-0.1, -0.05) is 50.2 Å². The fourth-order valence-corrected chi connectivity index (χ4v) is 6.93. The molecule has 1 unspecified atom stereocenters. The van der Waals surface area contributed by atoms with Crippen LogP contribution in [0.3, 0.4) is 0 Å². The van der Waals surface area contributed by atoms with Crippen molar-refractivity contribution in [3.05, 3.63) is 64.7 Å². The predicted octanol–water partition coefficient (Wildman–Crippen LogP) is 6.18. The van der Waals surface area contributed by atoms with Crippen molar-refractivity contribution < 1.29 is 14.6 Å². The molecular weight excluding hydrogens is 474 g/mol. The van der Waals surface area contributed by atoms with Gasteiger partial charge < -0.3 is 15.6 Å². The van der Waals surface area contributed by atoms with Gasteiger partial charge in [-0.25, -0.2) is 4.99 Å². The van der Waals surface area contributed by atoms with Crippen molar-refractivity contribution >= 4 is 11.9 Å². The van der Waals surface area contributed by atoms with Crippen molar-refractivity contribution in [1.29, 1.82) is 0 Å². The molecule has 2 aromatic carbocycles. The Balaban J connectivity index is 1.32. The zero-order valence-corrected chi connectivity index (χ0v) is 23.8. The number of amides is 1. The van der Waals surface area contributed by atoms with Gasteiger partial charge in [-0.2, -0.15) is 0 Å². The molecule has 5 rings (SSSR count). The summed E-state index contributed by atoms with van der Waals surface area (Å²) in [7, 11) is 0. The summed E-state index contributed by atoms with van der Waals surface area (Å²) in [5, 5.41) is 11.2. The molecule has 2 aliphatic heterocycles. The van der Waals surface area contributed by atoms with E-state index in [1.807, 2.05) is 26.0 Å². The summed E-state index contributed by atoms with van der Waals surface area (Å²) in [5.41, 5.74) is 10.00. The fraction of sp³-hybridized carbons (Fsp3) is 0.562. The summed E-state index contributed by atoms with van der Waals surface area (Å²) < 4.78 is 6.20. The lowest BCUT2D eigenvalue weighted by Crippen LogP contribution is -2.53. The molecule has 6 heteroatoms. The van der Waals surface area contributed by atoms with E-state index in [9.17, 15) is 9.90 Å². The van der Waals surface area contributed by atoms with Crippen LogP contribution in [0.15, 0.2) is 47.5 Å². The molecule has 0 aromatic heterocycles. The zero-order valence-electron chi connectivity index (χ0n) is 23.8. The van der Waals surface area contributed by atoms with Crippen molar-refractivity contribution in [2.24, 2.45) is 16.1 Å². The summed E-state index contributed by atoms with van der Waals surface area (Å²) in [6, 6.07) is 14.4. The standard InChI is InChI=1S/C32H43N3O3/c1-30(2)17-22-15-14-20(16-24(22)28(30)35-27(37)19-31(3,4)34-29(35)33)25(36)12-9-10-21-18-32(5,6)38-26-13-8-7-11-23(21)26/h7-8,11,13-16,21,25,28,36H,9-10,12,17-19H2,1-6H3,(H2,33,34)/t21-,25?,28-/m0/s1. The Labute approximate surface area is 227 Å². The van der Waals surface area contributed by atoms with Gasteiger partial charge in [-0.15, -0.1) is 0 Å². The summed E-state index contributed by atoms with van der Waals surface area (Å²) in [5.74, 6) is 1.71. The van der Waals surface area contributed by atoms with Gasteiger partial charge in [-0.3, -0.25) is 9.69 Å². The average Bonchev–Trinajstić information content (AvgIpc) is 3.06. The van der Waals surface area contributed by atoms with E-state index in [1.54, 1.807) is 4.90 Å². The van der Waals surface area contributed by atoms with E-state index < -0.39 is 11.6 Å². The maximum Gasteiger partial charge on any atom is 0.232 e. The van der Waals surface area contributed by atoms with Gasteiger partial charge in [0.2, 0.25) is 5.91 Å². The van der Waals surface area contributed by atoms with Crippen LogP contribution in [0.25, 0.3) is 0 Å². The number of hydrogen-bond donors (Lipinski definition) is 2. The highest BCUT2D eigenvalue weighted by Crippen LogP contribution is 2.50. The van der Waals surface area contributed by atoms with E-state index in [-0.39, 0.29) is 23.0 Å². The smallest absolute Gasteiger partial charge is 0.232 e. The number of para-hydroxylation sites is 1. The number of benzene rings is 2. The molecule has 0 bridgehead atoms. The fourth-order valence-electron chi connectivity index (χ4n) is 6.93. The molecule has 1 amide bonds.